The summed E-state index contributed by atoms with van der Waals surface area (Å²) in [4.78, 5) is 37.0. The number of aromatic nitrogens is 1. The lowest BCUT2D eigenvalue weighted by atomic mass is 10.1. The Hall–Kier alpha value is -2.89. The summed E-state index contributed by atoms with van der Waals surface area (Å²) >= 11 is 0. The third kappa shape index (κ3) is 1.61. The van der Waals surface area contributed by atoms with E-state index in [4.69, 9.17) is 9.52 Å². The molecule has 0 saturated heterocycles. The summed E-state index contributed by atoms with van der Waals surface area (Å²) in [6, 6.07) is 5.75. The SMILES string of the molecule is O=C(O)c1c[nH]c2ccc3oc(=O)ccc3c2c1=O. The number of aromatic carboxylic acids is 1. The molecule has 2 aromatic heterocycles. The van der Waals surface area contributed by atoms with Gasteiger partial charge in [0.25, 0.3) is 0 Å². The van der Waals surface area contributed by atoms with Gasteiger partial charge in [-0.25, -0.2) is 9.59 Å². The van der Waals surface area contributed by atoms with Crippen LogP contribution in [-0.4, -0.2) is 16.1 Å². The van der Waals surface area contributed by atoms with Crippen LogP contribution in [0.2, 0.25) is 0 Å². The molecule has 94 valence electrons. The molecular formula is C13H7NO5. The van der Waals surface area contributed by atoms with Gasteiger partial charge in [-0.3, -0.25) is 4.79 Å². The molecule has 0 fully saturated rings. The number of carboxylic acid groups (broad SMARTS) is 1. The summed E-state index contributed by atoms with van der Waals surface area (Å²) in [6.45, 7) is 0. The quantitative estimate of drug-likeness (QED) is 0.506. The minimum Gasteiger partial charge on any atom is -0.477 e. The van der Waals surface area contributed by atoms with E-state index >= 15 is 0 Å². The number of H-pyrrole nitrogens is 1. The lowest BCUT2D eigenvalue weighted by molar-refractivity contribution is 0.0695. The first-order chi connectivity index (χ1) is 9.08. The summed E-state index contributed by atoms with van der Waals surface area (Å²) in [5.74, 6) is -1.31. The molecule has 0 radical (unpaired) electrons. The van der Waals surface area contributed by atoms with Crippen LogP contribution in [0.3, 0.4) is 0 Å². The van der Waals surface area contributed by atoms with Crippen molar-refractivity contribution < 1.29 is 14.3 Å². The van der Waals surface area contributed by atoms with Crippen molar-refractivity contribution in [2.45, 2.75) is 0 Å². The zero-order valence-corrected chi connectivity index (χ0v) is 9.47. The lowest BCUT2D eigenvalue weighted by Crippen LogP contribution is -2.15. The maximum Gasteiger partial charge on any atom is 0.341 e. The number of aromatic amines is 1. The molecule has 1 aromatic carbocycles. The lowest BCUT2D eigenvalue weighted by Gasteiger charge is -2.03. The van der Waals surface area contributed by atoms with Gasteiger partial charge in [0.15, 0.2) is 0 Å². The Balaban J connectivity index is 2.60. The van der Waals surface area contributed by atoms with E-state index < -0.39 is 17.0 Å². The van der Waals surface area contributed by atoms with E-state index in [1.54, 1.807) is 12.1 Å². The Morgan fingerprint density at radius 3 is 2.68 bits per heavy atom. The van der Waals surface area contributed by atoms with Crippen LogP contribution >= 0.6 is 0 Å². The number of pyridine rings is 1. The van der Waals surface area contributed by atoms with E-state index in [0.717, 1.165) is 6.20 Å². The topological polar surface area (TPSA) is 100 Å². The van der Waals surface area contributed by atoms with E-state index in [1.165, 1.54) is 12.1 Å². The van der Waals surface area contributed by atoms with Gasteiger partial charge in [-0.05, 0) is 18.2 Å². The van der Waals surface area contributed by atoms with Crippen LogP contribution in [-0.2, 0) is 0 Å². The van der Waals surface area contributed by atoms with Gasteiger partial charge in [0, 0.05) is 17.6 Å². The number of hydrogen-bond donors (Lipinski definition) is 2. The van der Waals surface area contributed by atoms with Crippen LogP contribution < -0.4 is 11.1 Å². The van der Waals surface area contributed by atoms with Crippen LogP contribution in [0.5, 0.6) is 0 Å². The van der Waals surface area contributed by atoms with Crippen molar-refractivity contribution >= 4 is 27.8 Å². The van der Waals surface area contributed by atoms with E-state index in [1.807, 2.05) is 0 Å². The largest absolute Gasteiger partial charge is 0.477 e. The van der Waals surface area contributed by atoms with Gasteiger partial charge in [-0.2, -0.15) is 0 Å². The van der Waals surface area contributed by atoms with Crippen molar-refractivity contribution in [1.82, 2.24) is 4.98 Å². The van der Waals surface area contributed by atoms with Crippen LogP contribution in [0.4, 0.5) is 0 Å². The number of fused-ring (bicyclic) bond motifs is 3. The van der Waals surface area contributed by atoms with E-state index in [0.29, 0.717) is 10.9 Å². The second-order valence-corrected chi connectivity index (χ2v) is 3.99. The van der Waals surface area contributed by atoms with Crippen molar-refractivity contribution in [2.75, 3.05) is 0 Å². The molecule has 2 N–H and O–H groups in total. The highest BCUT2D eigenvalue weighted by atomic mass is 16.4. The molecule has 0 saturated carbocycles. The minimum absolute atomic E-state index is 0.196. The third-order valence-corrected chi connectivity index (χ3v) is 2.88. The maximum atomic E-state index is 12.1. The fraction of sp³-hybridized carbons (Fsp3) is 0. The second kappa shape index (κ2) is 3.81. The van der Waals surface area contributed by atoms with E-state index in [2.05, 4.69) is 4.98 Å². The van der Waals surface area contributed by atoms with Gasteiger partial charge in [0.1, 0.15) is 11.1 Å². The molecule has 3 rings (SSSR count). The Morgan fingerprint density at radius 2 is 1.95 bits per heavy atom. The minimum atomic E-state index is -1.31. The number of carbonyl (C=O) groups is 1. The monoisotopic (exact) mass is 257 g/mol. The van der Waals surface area contributed by atoms with Crippen molar-refractivity contribution in [2.24, 2.45) is 0 Å². The number of hydrogen-bond acceptors (Lipinski definition) is 4. The number of benzene rings is 1. The fourth-order valence-corrected chi connectivity index (χ4v) is 2.02. The molecule has 0 unspecified atom stereocenters. The summed E-state index contributed by atoms with van der Waals surface area (Å²) < 4.78 is 4.97. The summed E-state index contributed by atoms with van der Waals surface area (Å²) in [6.07, 6.45) is 1.15. The van der Waals surface area contributed by atoms with Gasteiger partial charge in [0.05, 0.1) is 10.9 Å². The highest BCUT2D eigenvalue weighted by Gasteiger charge is 2.14. The van der Waals surface area contributed by atoms with Gasteiger partial charge >= 0.3 is 11.6 Å². The van der Waals surface area contributed by atoms with Crippen LogP contribution in [0.25, 0.3) is 21.9 Å². The number of carboxylic acids is 1. The molecule has 6 heteroatoms. The normalized spacial score (nSPS) is 10.9. The van der Waals surface area contributed by atoms with Crippen LogP contribution in [0.1, 0.15) is 10.4 Å². The Kier molecular flexibility index (Phi) is 2.25. The highest BCUT2D eigenvalue weighted by molar-refractivity contribution is 6.05. The molecule has 0 spiro atoms. The summed E-state index contributed by atoms with van der Waals surface area (Å²) in [5, 5.41) is 9.55. The fourth-order valence-electron chi connectivity index (χ4n) is 2.02. The van der Waals surface area contributed by atoms with E-state index in [-0.39, 0.29) is 16.5 Å². The maximum absolute atomic E-state index is 12.1. The van der Waals surface area contributed by atoms with E-state index in [9.17, 15) is 14.4 Å². The molecule has 0 atom stereocenters. The molecule has 0 aliphatic rings. The van der Waals surface area contributed by atoms with Gasteiger partial charge in [-0.15, -0.1) is 0 Å². The first kappa shape index (κ1) is 11.2. The Labute approximate surface area is 104 Å². The predicted molar refractivity (Wildman–Crippen MR) is 67.6 cm³/mol. The summed E-state index contributed by atoms with van der Waals surface area (Å²) in [7, 11) is 0. The number of rotatable bonds is 1. The van der Waals surface area contributed by atoms with Crippen molar-refractivity contribution in [3.8, 4) is 0 Å². The van der Waals surface area contributed by atoms with Crippen molar-refractivity contribution in [3.63, 3.8) is 0 Å². The molecule has 6 nitrogen and oxygen atoms in total. The third-order valence-electron chi connectivity index (χ3n) is 2.88. The molecule has 0 bridgehead atoms. The second-order valence-electron chi connectivity index (χ2n) is 3.99. The van der Waals surface area contributed by atoms with Crippen LogP contribution in [0, 0.1) is 0 Å². The smallest absolute Gasteiger partial charge is 0.341 e. The van der Waals surface area contributed by atoms with Gasteiger partial charge in [0.2, 0.25) is 5.43 Å². The van der Waals surface area contributed by atoms with Crippen molar-refractivity contribution in [3.05, 3.63) is 56.7 Å². The summed E-state index contributed by atoms with van der Waals surface area (Å²) in [5.41, 5.74) is -0.769. The average Bonchev–Trinajstić information content (AvgIpc) is 2.38. The first-order valence-electron chi connectivity index (χ1n) is 5.39. The first-order valence-corrected chi connectivity index (χ1v) is 5.39. The molecule has 3 aromatic rings. The van der Waals surface area contributed by atoms with Crippen LogP contribution in [0.15, 0.2) is 44.5 Å². The van der Waals surface area contributed by atoms with Gasteiger partial charge in [-0.1, -0.05) is 0 Å². The van der Waals surface area contributed by atoms with Crippen molar-refractivity contribution in [1.29, 1.82) is 0 Å². The highest BCUT2D eigenvalue weighted by Crippen LogP contribution is 2.20. The Morgan fingerprint density at radius 1 is 1.16 bits per heavy atom. The molecule has 2 heterocycles. The average molecular weight is 257 g/mol. The number of nitrogens with one attached hydrogen (secondary N) is 1. The Bertz CT molecular complexity index is 935. The molecule has 0 aliphatic carbocycles. The van der Waals surface area contributed by atoms with Gasteiger partial charge < -0.3 is 14.5 Å². The zero-order valence-electron chi connectivity index (χ0n) is 9.47. The zero-order chi connectivity index (χ0) is 13.6. The molecule has 0 aliphatic heterocycles. The predicted octanol–water partition coefficient (Wildman–Crippen LogP) is 1.33. The molecular weight excluding hydrogens is 250 g/mol. The molecule has 19 heavy (non-hydrogen) atoms. The molecule has 0 amide bonds. The standard InChI is InChI=1S/C13H7NO5/c15-10-4-1-6-9(19-10)3-2-8-11(6)12(16)7(5-14-8)13(17)18/h1-5H,(H,14,16)(H,17,18).